The van der Waals surface area contributed by atoms with Crippen molar-refractivity contribution in [2.24, 2.45) is 5.92 Å². The molecular formula is C14H31N3. The zero-order valence-corrected chi connectivity index (χ0v) is 12.4. The number of nitrogens with zero attached hydrogens (tertiary/aromatic N) is 2. The van der Waals surface area contributed by atoms with E-state index < -0.39 is 0 Å². The summed E-state index contributed by atoms with van der Waals surface area (Å²) in [5.74, 6) is 0.731. The van der Waals surface area contributed by atoms with Gasteiger partial charge in [-0.05, 0) is 32.9 Å². The van der Waals surface area contributed by atoms with Crippen LogP contribution in [-0.4, -0.2) is 61.7 Å². The van der Waals surface area contributed by atoms with Crippen LogP contribution < -0.4 is 5.32 Å². The van der Waals surface area contributed by atoms with E-state index in [4.69, 9.17) is 0 Å². The normalized spacial score (nSPS) is 25.4. The summed E-state index contributed by atoms with van der Waals surface area (Å²) in [7, 11) is 2.24. The molecule has 1 N–H and O–H groups in total. The fraction of sp³-hybridized carbons (Fsp3) is 1.00. The highest BCUT2D eigenvalue weighted by Gasteiger charge is 2.27. The van der Waals surface area contributed by atoms with Crippen molar-refractivity contribution in [3.8, 4) is 0 Å². The average Bonchev–Trinajstić information content (AvgIpc) is 2.28. The monoisotopic (exact) mass is 241 g/mol. The quantitative estimate of drug-likeness (QED) is 0.713. The van der Waals surface area contributed by atoms with Gasteiger partial charge in [-0.15, -0.1) is 0 Å². The summed E-state index contributed by atoms with van der Waals surface area (Å²) >= 11 is 0. The SMILES string of the molecule is CCCNCC(C(C)C)N1CCN(C)C(C)C1. The molecule has 3 nitrogen and oxygen atoms in total. The Balaban J connectivity index is 2.46. The molecule has 1 fully saturated rings. The van der Waals surface area contributed by atoms with Gasteiger partial charge in [0.1, 0.15) is 0 Å². The fourth-order valence-corrected chi connectivity index (χ4v) is 2.59. The molecule has 0 bridgehead atoms. The molecule has 0 aromatic rings. The third kappa shape index (κ3) is 4.57. The molecule has 0 aliphatic carbocycles. The van der Waals surface area contributed by atoms with Crippen LogP contribution in [0, 0.1) is 5.92 Å². The van der Waals surface area contributed by atoms with Gasteiger partial charge in [0, 0.05) is 38.3 Å². The second kappa shape index (κ2) is 7.34. The van der Waals surface area contributed by atoms with Crippen LogP contribution >= 0.6 is 0 Å². The highest BCUT2D eigenvalue weighted by molar-refractivity contribution is 4.84. The number of rotatable bonds is 6. The van der Waals surface area contributed by atoms with Crippen LogP contribution in [0.25, 0.3) is 0 Å². The minimum absolute atomic E-state index is 0.691. The van der Waals surface area contributed by atoms with E-state index in [-0.39, 0.29) is 0 Å². The topological polar surface area (TPSA) is 18.5 Å². The van der Waals surface area contributed by atoms with E-state index in [1.807, 2.05) is 0 Å². The summed E-state index contributed by atoms with van der Waals surface area (Å²) in [5.41, 5.74) is 0. The van der Waals surface area contributed by atoms with E-state index in [0.717, 1.165) is 19.0 Å². The van der Waals surface area contributed by atoms with E-state index >= 15 is 0 Å². The van der Waals surface area contributed by atoms with Crippen LogP contribution in [0.1, 0.15) is 34.1 Å². The Kier molecular flexibility index (Phi) is 6.45. The van der Waals surface area contributed by atoms with E-state index in [9.17, 15) is 0 Å². The number of nitrogens with one attached hydrogen (secondary N) is 1. The van der Waals surface area contributed by atoms with Crippen molar-refractivity contribution in [2.75, 3.05) is 39.8 Å². The lowest BCUT2D eigenvalue weighted by molar-refractivity contribution is 0.0547. The predicted molar refractivity (Wildman–Crippen MR) is 75.5 cm³/mol. The van der Waals surface area contributed by atoms with E-state index in [1.165, 1.54) is 26.1 Å². The largest absolute Gasteiger partial charge is 0.315 e. The lowest BCUT2D eigenvalue weighted by Gasteiger charge is -2.43. The first-order valence-electron chi connectivity index (χ1n) is 7.21. The Labute approximate surface area is 108 Å². The Morgan fingerprint density at radius 1 is 1.29 bits per heavy atom. The first-order chi connectivity index (χ1) is 8.06. The summed E-state index contributed by atoms with van der Waals surface area (Å²) in [6.07, 6.45) is 1.23. The maximum Gasteiger partial charge on any atom is 0.0244 e. The van der Waals surface area contributed by atoms with Crippen molar-refractivity contribution in [3.05, 3.63) is 0 Å². The second-order valence-corrected chi connectivity index (χ2v) is 5.84. The van der Waals surface area contributed by atoms with Gasteiger partial charge in [-0.2, -0.15) is 0 Å². The molecular weight excluding hydrogens is 210 g/mol. The predicted octanol–water partition coefficient (Wildman–Crippen LogP) is 1.65. The summed E-state index contributed by atoms with van der Waals surface area (Å²) < 4.78 is 0. The molecule has 1 aliphatic rings. The first-order valence-corrected chi connectivity index (χ1v) is 7.21. The molecule has 0 aromatic carbocycles. The van der Waals surface area contributed by atoms with Crippen LogP contribution in [0.15, 0.2) is 0 Å². The molecule has 0 spiro atoms. The lowest BCUT2D eigenvalue weighted by Crippen LogP contribution is -2.56. The van der Waals surface area contributed by atoms with Crippen molar-refractivity contribution >= 4 is 0 Å². The molecule has 0 aromatic heterocycles. The Hall–Kier alpha value is -0.120. The maximum absolute atomic E-state index is 3.58. The smallest absolute Gasteiger partial charge is 0.0244 e. The molecule has 0 amide bonds. The van der Waals surface area contributed by atoms with Crippen LogP contribution in [-0.2, 0) is 0 Å². The van der Waals surface area contributed by atoms with E-state index in [1.54, 1.807) is 0 Å². The first kappa shape index (κ1) is 14.9. The molecule has 2 atom stereocenters. The van der Waals surface area contributed by atoms with Gasteiger partial charge < -0.3 is 10.2 Å². The van der Waals surface area contributed by atoms with Gasteiger partial charge in [0.15, 0.2) is 0 Å². The molecule has 2 unspecified atom stereocenters. The zero-order valence-electron chi connectivity index (χ0n) is 12.4. The molecule has 0 radical (unpaired) electrons. The van der Waals surface area contributed by atoms with Crippen molar-refractivity contribution < 1.29 is 0 Å². The number of hydrogen-bond acceptors (Lipinski definition) is 3. The van der Waals surface area contributed by atoms with E-state index in [2.05, 4.69) is 49.9 Å². The second-order valence-electron chi connectivity index (χ2n) is 5.84. The van der Waals surface area contributed by atoms with Gasteiger partial charge in [0.2, 0.25) is 0 Å². The van der Waals surface area contributed by atoms with Crippen molar-refractivity contribution in [1.29, 1.82) is 0 Å². The highest BCUT2D eigenvalue weighted by atomic mass is 15.3. The van der Waals surface area contributed by atoms with Crippen molar-refractivity contribution in [1.82, 2.24) is 15.1 Å². The summed E-state index contributed by atoms with van der Waals surface area (Å²) in [4.78, 5) is 5.14. The van der Waals surface area contributed by atoms with Crippen molar-refractivity contribution in [2.45, 2.75) is 46.2 Å². The Bertz CT molecular complexity index is 206. The van der Waals surface area contributed by atoms with E-state index in [0.29, 0.717) is 12.1 Å². The molecule has 1 aliphatic heterocycles. The minimum Gasteiger partial charge on any atom is -0.315 e. The van der Waals surface area contributed by atoms with Gasteiger partial charge in [0.05, 0.1) is 0 Å². The van der Waals surface area contributed by atoms with Gasteiger partial charge >= 0.3 is 0 Å². The zero-order chi connectivity index (χ0) is 12.8. The molecule has 1 rings (SSSR count). The molecule has 17 heavy (non-hydrogen) atoms. The number of piperazine rings is 1. The lowest BCUT2D eigenvalue weighted by atomic mass is 10.0. The molecule has 102 valence electrons. The molecule has 1 saturated heterocycles. The maximum atomic E-state index is 3.58. The van der Waals surface area contributed by atoms with Crippen LogP contribution in [0.2, 0.25) is 0 Å². The number of likely N-dealkylation sites (N-methyl/N-ethyl adjacent to an activating group) is 1. The highest BCUT2D eigenvalue weighted by Crippen LogP contribution is 2.15. The van der Waals surface area contributed by atoms with Crippen LogP contribution in [0.5, 0.6) is 0 Å². The molecule has 0 saturated carbocycles. The average molecular weight is 241 g/mol. The fourth-order valence-electron chi connectivity index (χ4n) is 2.59. The van der Waals surface area contributed by atoms with Gasteiger partial charge in [-0.1, -0.05) is 20.8 Å². The summed E-state index contributed by atoms with van der Waals surface area (Å²) in [6.45, 7) is 15.2. The van der Waals surface area contributed by atoms with Gasteiger partial charge in [-0.25, -0.2) is 0 Å². The minimum atomic E-state index is 0.691. The third-order valence-corrected chi connectivity index (χ3v) is 4.01. The standard InChI is InChI=1S/C14H31N3/c1-6-7-15-10-14(12(2)3)17-9-8-16(5)13(4)11-17/h12-15H,6-11H2,1-5H3. The van der Waals surface area contributed by atoms with Crippen molar-refractivity contribution in [3.63, 3.8) is 0 Å². The van der Waals surface area contributed by atoms with Crippen LogP contribution in [0.3, 0.4) is 0 Å². The van der Waals surface area contributed by atoms with Gasteiger partial charge in [0.25, 0.3) is 0 Å². The Morgan fingerprint density at radius 3 is 2.53 bits per heavy atom. The van der Waals surface area contributed by atoms with Crippen LogP contribution in [0.4, 0.5) is 0 Å². The molecule has 3 heteroatoms. The molecule has 1 heterocycles. The van der Waals surface area contributed by atoms with Gasteiger partial charge in [-0.3, -0.25) is 4.90 Å². The number of hydrogen-bond donors (Lipinski definition) is 1. The summed E-state index contributed by atoms with van der Waals surface area (Å²) in [6, 6.07) is 1.38. The summed E-state index contributed by atoms with van der Waals surface area (Å²) in [5, 5.41) is 3.58. The Morgan fingerprint density at radius 2 is 2.00 bits per heavy atom. The third-order valence-electron chi connectivity index (χ3n) is 4.01.